The number of amides is 1. The second-order valence-electron chi connectivity index (χ2n) is 7.28. The first-order valence-electron chi connectivity index (χ1n) is 9.77. The number of nitrogens with zero attached hydrogens (tertiary/aromatic N) is 3. The molecular weight excluding hydrogens is 346 g/mol. The molecular formula is C20H27N3O4. The average Bonchev–Trinajstić information content (AvgIpc) is 3.40. The van der Waals surface area contributed by atoms with Gasteiger partial charge >= 0.3 is 0 Å². The van der Waals surface area contributed by atoms with E-state index < -0.39 is 0 Å². The van der Waals surface area contributed by atoms with Gasteiger partial charge in [-0.3, -0.25) is 9.69 Å². The Bertz CT molecular complexity index is 804. The van der Waals surface area contributed by atoms with Gasteiger partial charge in [0, 0.05) is 38.6 Å². The van der Waals surface area contributed by atoms with Gasteiger partial charge in [-0.15, -0.1) is 0 Å². The lowest BCUT2D eigenvalue weighted by Crippen LogP contribution is -2.35. The van der Waals surface area contributed by atoms with Crippen molar-refractivity contribution in [3.8, 4) is 0 Å². The van der Waals surface area contributed by atoms with Crippen molar-refractivity contribution in [3.63, 3.8) is 0 Å². The number of hydrogen-bond donors (Lipinski definition) is 0. The summed E-state index contributed by atoms with van der Waals surface area (Å²) in [5, 5.41) is 0. The van der Waals surface area contributed by atoms with Crippen molar-refractivity contribution >= 4 is 5.91 Å². The molecule has 2 aliphatic heterocycles. The number of ether oxygens (including phenoxy) is 1. The van der Waals surface area contributed by atoms with Crippen molar-refractivity contribution in [2.75, 3.05) is 26.7 Å². The Morgan fingerprint density at radius 2 is 2.07 bits per heavy atom. The molecule has 0 bridgehead atoms. The number of carbonyl (C=O) groups is 1. The zero-order chi connectivity index (χ0) is 18.8. The number of likely N-dealkylation sites (tertiary alicyclic amines) is 1. The molecule has 146 valence electrons. The molecule has 1 fully saturated rings. The van der Waals surface area contributed by atoms with Gasteiger partial charge in [0.05, 0.1) is 6.54 Å². The molecule has 0 N–H and O–H groups in total. The van der Waals surface area contributed by atoms with Crippen LogP contribution in [0, 0.1) is 0 Å². The monoisotopic (exact) mass is 373 g/mol. The molecule has 0 atom stereocenters. The molecule has 1 amide bonds. The van der Waals surface area contributed by atoms with Crippen LogP contribution >= 0.6 is 0 Å². The van der Waals surface area contributed by atoms with Crippen LogP contribution in [-0.4, -0.2) is 47.4 Å². The van der Waals surface area contributed by atoms with Crippen LogP contribution in [0.1, 0.15) is 59.0 Å². The van der Waals surface area contributed by atoms with E-state index in [-0.39, 0.29) is 5.91 Å². The molecule has 2 aromatic rings. The largest absolute Gasteiger partial charge is 0.456 e. The Labute approximate surface area is 159 Å². The first-order chi connectivity index (χ1) is 13.2. The van der Waals surface area contributed by atoms with Crippen molar-refractivity contribution in [1.82, 2.24) is 14.8 Å². The zero-order valence-electron chi connectivity index (χ0n) is 16.1. The van der Waals surface area contributed by atoms with Gasteiger partial charge < -0.3 is 18.5 Å². The van der Waals surface area contributed by atoms with Gasteiger partial charge in [-0.2, -0.15) is 0 Å². The van der Waals surface area contributed by atoms with Gasteiger partial charge in [0.1, 0.15) is 23.8 Å². The summed E-state index contributed by atoms with van der Waals surface area (Å²) in [4.78, 5) is 21.7. The van der Waals surface area contributed by atoms with E-state index in [0.717, 1.165) is 48.8 Å². The molecule has 0 radical (unpaired) electrons. The minimum atomic E-state index is -0.0701. The fourth-order valence-electron chi connectivity index (χ4n) is 3.95. The van der Waals surface area contributed by atoms with Crippen molar-refractivity contribution in [1.29, 1.82) is 0 Å². The Kier molecular flexibility index (Phi) is 5.31. The first-order valence-corrected chi connectivity index (χ1v) is 9.77. The van der Waals surface area contributed by atoms with Crippen LogP contribution in [0.4, 0.5) is 0 Å². The summed E-state index contributed by atoms with van der Waals surface area (Å²) in [6, 6.07) is 1.94. The molecule has 4 heterocycles. The Morgan fingerprint density at radius 3 is 2.81 bits per heavy atom. The standard InChI is InChI=1S/C20H27N3O4/c1-3-16-14(11-22-7-4-5-8-22)10-18(26-16)20(24)23-9-6-17-15(12-23)21-19(27-17)13-25-2/h10H,3-9,11-13H2,1-2H3. The van der Waals surface area contributed by atoms with Crippen molar-refractivity contribution in [3.05, 3.63) is 40.5 Å². The number of oxazole rings is 1. The van der Waals surface area contributed by atoms with E-state index >= 15 is 0 Å². The summed E-state index contributed by atoms with van der Waals surface area (Å²) in [7, 11) is 1.61. The van der Waals surface area contributed by atoms with Crippen LogP contribution in [0.5, 0.6) is 0 Å². The van der Waals surface area contributed by atoms with Gasteiger partial charge in [0.15, 0.2) is 5.76 Å². The number of carbonyl (C=O) groups excluding carboxylic acids is 1. The van der Waals surface area contributed by atoms with Crippen LogP contribution in [0.25, 0.3) is 0 Å². The topological polar surface area (TPSA) is 72.0 Å². The molecule has 0 spiro atoms. The third-order valence-electron chi connectivity index (χ3n) is 5.35. The van der Waals surface area contributed by atoms with Crippen molar-refractivity contribution in [2.24, 2.45) is 0 Å². The molecule has 7 heteroatoms. The molecule has 2 aromatic heterocycles. The summed E-state index contributed by atoms with van der Waals surface area (Å²) in [6.07, 6.45) is 3.97. The van der Waals surface area contributed by atoms with Crippen molar-refractivity contribution < 1.29 is 18.4 Å². The second-order valence-corrected chi connectivity index (χ2v) is 7.28. The molecule has 0 aliphatic carbocycles. The first kappa shape index (κ1) is 18.3. The number of aryl methyl sites for hydroxylation is 1. The van der Waals surface area contributed by atoms with Crippen LogP contribution in [0.3, 0.4) is 0 Å². The van der Waals surface area contributed by atoms with Gasteiger partial charge in [0.2, 0.25) is 5.89 Å². The second kappa shape index (κ2) is 7.86. The number of fused-ring (bicyclic) bond motifs is 1. The number of hydrogen-bond acceptors (Lipinski definition) is 6. The number of aromatic nitrogens is 1. The molecule has 1 saturated heterocycles. The van der Waals surface area contributed by atoms with Crippen LogP contribution in [-0.2, 0) is 37.3 Å². The van der Waals surface area contributed by atoms with E-state index in [0.29, 0.717) is 37.8 Å². The number of furan rings is 1. The van der Waals surface area contributed by atoms with E-state index in [1.807, 2.05) is 6.07 Å². The third-order valence-corrected chi connectivity index (χ3v) is 5.35. The fraction of sp³-hybridized carbons (Fsp3) is 0.600. The van der Waals surface area contributed by atoms with E-state index in [1.54, 1.807) is 12.0 Å². The maximum atomic E-state index is 13.0. The lowest BCUT2D eigenvalue weighted by Gasteiger charge is -2.24. The highest BCUT2D eigenvalue weighted by molar-refractivity contribution is 5.92. The SMILES string of the molecule is CCc1oc(C(=O)N2CCc3oc(COC)nc3C2)cc1CN1CCCC1. The van der Waals surface area contributed by atoms with Crippen LogP contribution in [0.2, 0.25) is 0 Å². The van der Waals surface area contributed by atoms with E-state index in [9.17, 15) is 4.79 Å². The highest BCUT2D eigenvalue weighted by atomic mass is 16.5. The minimum Gasteiger partial charge on any atom is -0.456 e. The smallest absolute Gasteiger partial charge is 0.289 e. The maximum absolute atomic E-state index is 13.0. The molecule has 27 heavy (non-hydrogen) atoms. The molecule has 0 unspecified atom stereocenters. The van der Waals surface area contributed by atoms with Crippen molar-refractivity contribution in [2.45, 2.75) is 52.3 Å². The quantitative estimate of drug-likeness (QED) is 0.775. The number of methoxy groups -OCH3 is 1. The van der Waals surface area contributed by atoms with E-state index in [2.05, 4.69) is 16.8 Å². The summed E-state index contributed by atoms with van der Waals surface area (Å²) in [5.41, 5.74) is 1.96. The molecule has 2 aliphatic rings. The third kappa shape index (κ3) is 3.80. The predicted octanol–water partition coefficient (Wildman–Crippen LogP) is 2.77. The van der Waals surface area contributed by atoms with E-state index in [1.165, 1.54) is 12.8 Å². The highest BCUT2D eigenvalue weighted by Gasteiger charge is 2.29. The van der Waals surface area contributed by atoms with E-state index in [4.69, 9.17) is 13.6 Å². The van der Waals surface area contributed by atoms with Gasteiger partial charge in [-0.05, 0) is 32.0 Å². The fourth-order valence-corrected chi connectivity index (χ4v) is 3.95. The normalized spacial score (nSPS) is 17.5. The van der Waals surface area contributed by atoms with Gasteiger partial charge in [-0.25, -0.2) is 4.98 Å². The zero-order valence-corrected chi connectivity index (χ0v) is 16.1. The molecule has 4 rings (SSSR count). The van der Waals surface area contributed by atoms with Gasteiger partial charge in [0.25, 0.3) is 5.91 Å². The Balaban J connectivity index is 1.48. The van der Waals surface area contributed by atoms with Crippen LogP contribution < -0.4 is 0 Å². The maximum Gasteiger partial charge on any atom is 0.289 e. The summed E-state index contributed by atoms with van der Waals surface area (Å²) >= 11 is 0. The summed E-state index contributed by atoms with van der Waals surface area (Å²) < 4.78 is 16.7. The molecule has 0 aromatic carbocycles. The predicted molar refractivity (Wildman–Crippen MR) is 98.3 cm³/mol. The van der Waals surface area contributed by atoms with Gasteiger partial charge in [-0.1, -0.05) is 6.92 Å². The highest BCUT2D eigenvalue weighted by Crippen LogP contribution is 2.25. The van der Waals surface area contributed by atoms with Crippen LogP contribution in [0.15, 0.2) is 14.9 Å². The average molecular weight is 373 g/mol. The minimum absolute atomic E-state index is 0.0701. The summed E-state index contributed by atoms with van der Waals surface area (Å²) in [6.45, 7) is 6.60. The molecule has 7 nitrogen and oxygen atoms in total. The lowest BCUT2D eigenvalue weighted by molar-refractivity contribution is 0.0693. The molecule has 0 saturated carbocycles. The lowest BCUT2D eigenvalue weighted by atomic mass is 10.1. The Hall–Kier alpha value is -2.12. The number of rotatable bonds is 6. The summed E-state index contributed by atoms with van der Waals surface area (Å²) in [5.74, 6) is 2.71. The Morgan fingerprint density at radius 1 is 1.26 bits per heavy atom.